The zero-order chi connectivity index (χ0) is 10.6. The molecule has 0 spiro atoms. The number of halogens is 1. The average Bonchev–Trinajstić information content (AvgIpc) is 2.14. The van der Waals surface area contributed by atoms with Crippen LogP contribution in [0.25, 0.3) is 0 Å². The summed E-state index contributed by atoms with van der Waals surface area (Å²) in [6.07, 6.45) is 0. The van der Waals surface area contributed by atoms with Gasteiger partial charge in [0.15, 0.2) is 11.5 Å². The van der Waals surface area contributed by atoms with Crippen LogP contribution in [0, 0.1) is 0 Å². The summed E-state index contributed by atoms with van der Waals surface area (Å²) in [5, 5.41) is 0.548. The molecule has 0 radical (unpaired) electrons. The summed E-state index contributed by atoms with van der Waals surface area (Å²) in [4.78, 5) is 0. The molecule has 0 saturated heterocycles. The Morgan fingerprint density at radius 3 is 2.79 bits per heavy atom. The van der Waals surface area contributed by atoms with Crippen molar-refractivity contribution in [3.63, 3.8) is 0 Å². The molecule has 0 N–H and O–H groups in total. The Morgan fingerprint density at radius 2 is 2.21 bits per heavy atom. The van der Waals surface area contributed by atoms with Gasteiger partial charge in [-0.25, -0.2) is 0 Å². The molecule has 0 bridgehead atoms. The molecular formula is C11H13ClO2. The first-order chi connectivity index (χ1) is 6.65. The highest BCUT2D eigenvalue weighted by molar-refractivity contribution is 6.32. The molecule has 0 unspecified atom stereocenters. The van der Waals surface area contributed by atoms with E-state index >= 15 is 0 Å². The Morgan fingerprint density at radius 1 is 1.50 bits per heavy atom. The third-order valence-corrected chi connectivity index (χ3v) is 1.91. The van der Waals surface area contributed by atoms with Gasteiger partial charge >= 0.3 is 0 Å². The van der Waals surface area contributed by atoms with Gasteiger partial charge in [0.2, 0.25) is 0 Å². The Balaban J connectivity index is 2.85. The molecule has 76 valence electrons. The van der Waals surface area contributed by atoms with Gasteiger partial charge < -0.3 is 9.47 Å². The standard InChI is InChI=1S/C11H13ClO2/c1-8(2)7-14-10-6-4-5-9(12)11(10)13-3/h4-6H,1,7H2,2-3H3. The van der Waals surface area contributed by atoms with Crippen molar-refractivity contribution >= 4 is 11.6 Å². The number of methoxy groups -OCH3 is 1. The van der Waals surface area contributed by atoms with Crippen LogP contribution in [0.3, 0.4) is 0 Å². The maximum absolute atomic E-state index is 5.92. The molecule has 0 amide bonds. The molecule has 0 heterocycles. The lowest BCUT2D eigenvalue weighted by atomic mass is 10.3. The highest BCUT2D eigenvalue weighted by Gasteiger charge is 2.07. The summed E-state index contributed by atoms with van der Waals surface area (Å²) in [5.74, 6) is 1.21. The summed E-state index contributed by atoms with van der Waals surface area (Å²) >= 11 is 5.92. The maximum atomic E-state index is 5.92. The lowest BCUT2D eigenvalue weighted by Gasteiger charge is -2.11. The molecule has 1 aromatic carbocycles. The molecule has 0 aliphatic carbocycles. The van der Waals surface area contributed by atoms with Crippen LogP contribution in [0.1, 0.15) is 6.92 Å². The minimum absolute atomic E-state index is 0.469. The van der Waals surface area contributed by atoms with Crippen molar-refractivity contribution in [3.8, 4) is 11.5 Å². The van der Waals surface area contributed by atoms with Gasteiger partial charge in [0.1, 0.15) is 6.61 Å². The number of ether oxygens (including phenoxy) is 2. The van der Waals surface area contributed by atoms with Gasteiger partial charge in [0, 0.05) is 0 Å². The molecule has 3 heteroatoms. The van der Waals surface area contributed by atoms with Crippen molar-refractivity contribution in [1.82, 2.24) is 0 Å². The number of benzene rings is 1. The van der Waals surface area contributed by atoms with Crippen molar-refractivity contribution in [2.75, 3.05) is 13.7 Å². The number of rotatable bonds is 4. The molecule has 0 atom stereocenters. The Hall–Kier alpha value is -1.15. The fraction of sp³-hybridized carbons (Fsp3) is 0.273. The highest BCUT2D eigenvalue weighted by Crippen LogP contribution is 2.34. The van der Waals surface area contributed by atoms with Gasteiger partial charge in [-0.2, -0.15) is 0 Å². The van der Waals surface area contributed by atoms with Gasteiger partial charge in [-0.15, -0.1) is 0 Å². The van der Waals surface area contributed by atoms with E-state index in [0.717, 1.165) is 5.57 Å². The van der Waals surface area contributed by atoms with Crippen LogP contribution in [-0.2, 0) is 0 Å². The van der Waals surface area contributed by atoms with E-state index in [4.69, 9.17) is 21.1 Å². The molecule has 1 aromatic rings. The van der Waals surface area contributed by atoms with E-state index in [1.54, 1.807) is 13.2 Å². The number of hydrogen-bond donors (Lipinski definition) is 0. The van der Waals surface area contributed by atoms with E-state index in [9.17, 15) is 0 Å². The van der Waals surface area contributed by atoms with Crippen molar-refractivity contribution < 1.29 is 9.47 Å². The molecule has 1 rings (SSSR count). The van der Waals surface area contributed by atoms with Crippen molar-refractivity contribution in [2.24, 2.45) is 0 Å². The second kappa shape index (κ2) is 4.91. The predicted molar refractivity (Wildman–Crippen MR) is 58.3 cm³/mol. The summed E-state index contributed by atoms with van der Waals surface area (Å²) in [6, 6.07) is 5.39. The van der Waals surface area contributed by atoms with Gasteiger partial charge in [-0.3, -0.25) is 0 Å². The van der Waals surface area contributed by atoms with E-state index in [-0.39, 0.29) is 0 Å². The predicted octanol–water partition coefficient (Wildman–Crippen LogP) is 3.30. The average molecular weight is 213 g/mol. The van der Waals surface area contributed by atoms with Gasteiger partial charge in [0.25, 0.3) is 0 Å². The zero-order valence-electron chi connectivity index (χ0n) is 8.34. The molecular weight excluding hydrogens is 200 g/mol. The van der Waals surface area contributed by atoms with E-state index < -0.39 is 0 Å². The first-order valence-electron chi connectivity index (χ1n) is 4.25. The normalized spacial score (nSPS) is 9.64. The van der Waals surface area contributed by atoms with Crippen molar-refractivity contribution in [3.05, 3.63) is 35.4 Å². The molecule has 14 heavy (non-hydrogen) atoms. The second-order valence-corrected chi connectivity index (χ2v) is 3.42. The minimum atomic E-state index is 0.469. The van der Waals surface area contributed by atoms with E-state index in [0.29, 0.717) is 23.1 Å². The van der Waals surface area contributed by atoms with E-state index in [2.05, 4.69) is 6.58 Å². The first kappa shape index (κ1) is 10.9. The Labute approximate surface area is 89.1 Å². The first-order valence-corrected chi connectivity index (χ1v) is 4.62. The van der Waals surface area contributed by atoms with Crippen LogP contribution in [0.4, 0.5) is 0 Å². The fourth-order valence-corrected chi connectivity index (χ4v) is 1.24. The summed E-state index contributed by atoms with van der Waals surface area (Å²) in [6.45, 7) is 6.12. The fourth-order valence-electron chi connectivity index (χ4n) is 1.00. The number of hydrogen-bond acceptors (Lipinski definition) is 2. The summed E-state index contributed by atoms with van der Waals surface area (Å²) < 4.78 is 10.6. The molecule has 0 fully saturated rings. The zero-order valence-corrected chi connectivity index (χ0v) is 9.10. The maximum Gasteiger partial charge on any atom is 0.179 e. The Kier molecular flexibility index (Phi) is 3.84. The van der Waals surface area contributed by atoms with Crippen LogP contribution >= 0.6 is 11.6 Å². The smallest absolute Gasteiger partial charge is 0.179 e. The quantitative estimate of drug-likeness (QED) is 0.713. The second-order valence-electron chi connectivity index (χ2n) is 3.02. The molecule has 0 saturated carbocycles. The van der Waals surface area contributed by atoms with E-state index in [1.165, 1.54) is 0 Å². The van der Waals surface area contributed by atoms with Crippen LogP contribution in [-0.4, -0.2) is 13.7 Å². The molecule has 0 aliphatic heterocycles. The van der Waals surface area contributed by atoms with Gasteiger partial charge in [0.05, 0.1) is 12.1 Å². The van der Waals surface area contributed by atoms with E-state index in [1.807, 2.05) is 19.1 Å². The van der Waals surface area contributed by atoms with Gasteiger partial charge in [-0.1, -0.05) is 24.2 Å². The SMILES string of the molecule is C=C(C)COc1cccc(Cl)c1OC. The monoisotopic (exact) mass is 212 g/mol. The largest absolute Gasteiger partial charge is 0.491 e. The topological polar surface area (TPSA) is 18.5 Å². The van der Waals surface area contributed by atoms with Crippen LogP contribution in [0.2, 0.25) is 5.02 Å². The third-order valence-electron chi connectivity index (χ3n) is 1.61. The Bertz CT molecular complexity index is 334. The lowest BCUT2D eigenvalue weighted by Crippen LogP contribution is -1.99. The van der Waals surface area contributed by atoms with Crippen LogP contribution < -0.4 is 9.47 Å². The lowest BCUT2D eigenvalue weighted by molar-refractivity contribution is 0.320. The molecule has 0 aromatic heterocycles. The van der Waals surface area contributed by atoms with Gasteiger partial charge in [-0.05, 0) is 24.6 Å². The highest BCUT2D eigenvalue weighted by atomic mass is 35.5. The van der Waals surface area contributed by atoms with Crippen LogP contribution in [0.15, 0.2) is 30.4 Å². The molecule has 2 nitrogen and oxygen atoms in total. The number of para-hydroxylation sites is 1. The van der Waals surface area contributed by atoms with Crippen molar-refractivity contribution in [2.45, 2.75) is 6.92 Å². The minimum Gasteiger partial charge on any atom is -0.491 e. The van der Waals surface area contributed by atoms with Crippen molar-refractivity contribution in [1.29, 1.82) is 0 Å². The molecule has 0 aliphatic rings. The van der Waals surface area contributed by atoms with Crippen LogP contribution in [0.5, 0.6) is 11.5 Å². The third kappa shape index (κ3) is 2.67. The summed E-state index contributed by atoms with van der Waals surface area (Å²) in [5.41, 5.74) is 0.951. The summed E-state index contributed by atoms with van der Waals surface area (Å²) in [7, 11) is 1.56.